The van der Waals surface area contributed by atoms with E-state index in [4.69, 9.17) is 4.74 Å². The maximum atomic E-state index is 11.2. The number of ether oxygens (including phenoxy) is 1. The lowest BCUT2D eigenvalue weighted by molar-refractivity contribution is 0.0503. The van der Waals surface area contributed by atoms with Crippen LogP contribution in [0.1, 0.15) is 17.4 Å². The molecule has 1 aromatic heterocycles. The Balaban J connectivity index is 2.50. The van der Waals surface area contributed by atoms with E-state index in [1.165, 1.54) is 18.6 Å². The fourth-order valence-corrected chi connectivity index (χ4v) is 0.749. The Morgan fingerprint density at radius 3 is 3.00 bits per heavy atom. The summed E-state index contributed by atoms with van der Waals surface area (Å²) in [7, 11) is 0. The molecule has 0 saturated carbocycles. The molecule has 0 aliphatic carbocycles. The Morgan fingerprint density at radius 2 is 2.46 bits per heavy atom. The number of hydrogen-bond donors (Lipinski definition) is 1. The Morgan fingerprint density at radius 1 is 1.69 bits per heavy atom. The van der Waals surface area contributed by atoms with Crippen LogP contribution in [0, 0.1) is 0 Å². The molecule has 1 heterocycles. The summed E-state index contributed by atoms with van der Waals surface area (Å²) in [6, 6.07) is 0. The van der Waals surface area contributed by atoms with Gasteiger partial charge in [0.05, 0.1) is 6.20 Å². The Labute approximate surface area is 81.8 Å². The summed E-state index contributed by atoms with van der Waals surface area (Å²) >= 11 is 4.07. The molecule has 0 fully saturated rings. The van der Waals surface area contributed by atoms with Crippen molar-refractivity contribution >= 4 is 18.6 Å². The minimum atomic E-state index is -0.464. The summed E-state index contributed by atoms with van der Waals surface area (Å²) in [6.45, 7) is 2.12. The maximum Gasteiger partial charge on any atom is 0.358 e. The first-order valence-corrected chi connectivity index (χ1v) is 4.33. The lowest BCUT2D eigenvalue weighted by atomic mass is 10.4. The van der Waals surface area contributed by atoms with Crippen molar-refractivity contribution < 1.29 is 9.53 Å². The quantitative estimate of drug-likeness (QED) is 0.580. The van der Waals surface area contributed by atoms with Crippen LogP contribution in [0.2, 0.25) is 0 Å². The minimum absolute atomic E-state index is 0.0284. The molecule has 1 unspecified atom stereocenters. The van der Waals surface area contributed by atoms with Gasteiger partial charge in [0.25, 0.3) is 0 Å². The third-order valence-corrected chi connectivity index (χ3v) is 1.38. The van der Waals surface area contributed by atoms with Crippen LogP contribution in [0.25, 0.3) is 0 Å². The molecule has 0 spiro atoms. The van der Waals surface area contributed by atoms with E-state index in [-0.39, 0.29) is 17.6 Å². The van der Waals surface area contributed by atoms with E-state index >= 15 is 0 Å². The standard InChI is InChI=1S/C8H10N2O2S/c1-6(13)5-12-8(11)7-4-9-2-3-10-7/h2-4,6,13H,5H2,1H3. The fraction of sp³-hybridized carbons (Fsp3) is 0.375. The zero-order valence-corrected chi connectivity index (χ0v) is 8.07. The lowest BCUT2D eigenvalue weighted by Gasteiger charge is -2.04. The summed E-state index contributed by atoms with van der Waals surface area (Å²) in [4.78, 5) is 18.7. The summed E-state index contributed by atoms with van der Waals surface area (Å²) in [5.74, 6) is -0.464. The monoisotopic (exact) mass is 198 g/mol. The largest absolute Gasteiger partial charge is 0.460 e. The molecule has 70 valence electrons. The van der Waals surface area contributed by atoms with E-state index < -0.39 is 5.97 Å². The number of hydrogen-bond acceptors (Lipinski definition) is 5. The van der Waals surface area contributed by atoms with Gasteiger partial charge >= 0.3 is 5.97 Å². The molecule has 0 bridgehead atoms. The van der Waals surface area contributed by atoms with Crippen molar-refractivity contribution in [3.05, 3.63) is 24.3 Å². The number of thiol groups is 1. The molecule has 4 nitrogen and oxygen atoms in total. The van der Waals surface area contributed by atoms with Gasteiger partial charge in [-0.25, -0.2) is 9.78 Å². The van der Waals surface area contributed by atoms with Gasteiger partial charge in [-0.1, -0.05) is 6.92 Å². The van der Waals surface area contributed by atoms with E-state index in [1.807, 2.05) is 6.92 Å². The number of carbonyl (C=O) groups excluding carboxylic acids is 1. The second kappa shape index (κ2) is 4.81. The molecule has 0 aliphatic rings. The zero-order valence-electron chi connectivity index (χ0n) is 7.17. The van der Waals surface area contributed by atoms with Gasteiger partial charge in [0.1, 0.15) is 6.61 Å². The van der Waals surface area contributed by atoms with Crippen molar-refractivity contribution in [3.8, 4) is 0 Å². The van der Waals surface area contributed by atoms with E-state index in [0.717, 1.165) is 0 Å². The average Bonchev–Trinajstić information content (AvgIpc) is 2.15. The van der Waals surface area contributed by atoms with Crippen molar-refractivity contribution in [2.45, 2.75) is 12.2 Å². The first-order chi connectivity index (χ1) is 6.20. The smallest absolute Gasteiger partial charge is 0.358 e. The van der Waals surface area contributed by atoms with Crippen LogP contribution >= 0.6 is 12.6 Å². The van der Waals surface area contributed by atoms with Crippen molar-refractivity contribution in [3.63, 3.8) is 0 Å². The second-order valence-corrected chi connectivity index (χ2v) is 3.42. The van der Waals surface area contributed by atoms with E-state index in [9.17, 15) is 4.79 Å². The average molecular weight is 198 g/mol. The lowest BCUT2D eigenvalue weighted by Crippen LogP contribution is -2.13. The molecular weight excluding hydrogens is 188 g/mol. The Hall–Kier alpha value is -1.10. The third kappa shape index (κ3) is 3.42. The molecular formula is C8H10N2O2S. The SMILES string of the molecule is CC(S)COC(=O)c1cnccn1. The highest BCUT2D eigenvalue weighted by Gasteiger charge is 2.08. The zero-order chi connectivity index (χ0) is 9.68. The van der Waals surface area contributed by atoms with Crippen LogP contribution in [0.5, 0.6) is 0 Å². The van der Waals surface area contributed by atoms with Gasteiger partial charge in [-0.15, -0.1) is 0 Å². The normalized spacial score (nSPS) is 12.2. The molecule has 1 rings (SSSR count). The molecule has 0 aliphatic heterocycles. The third-order valence-electron chi connectivity index (χ3n) is 1.23. The number of esters is 1. The molecule has 0 N–H and O–H groups in total. The van der Waals surface area contributed by atoms with Gasteiger partial charge in [-0.05, 0) is 0 Å². The summed E-state index contributed by atoms with van der Waals surface area (Å²) in [5.41, 5.74) is 0.219. The van der Waals surface area contributed by atoms with Crippen LogP contribution in [-0.4, -0.2) is 27.8 Å². The fourth-order valence-electron chi connectivity index (χ4n) is 0.675. The van der Waals surface area contributed by atoms with Crippen molar-refractivity contribution in [1.82, 2.24) is 9.97 Å². The predicted octanol–water partition coefficient (Wildman–Crippen LogP) is 0.952. The van der Waals surface area contributed by atoms with Gasteiger partial charge < -0.3 is 4.74 Å². The number of aromatic nitrogens is 2. The highest BCUT2D eigenvalue weighted by molar-refractivity contribution is 7.80. The molecule has 1 atom stereocenters. The molecule has 13 heavy (non-hydrogen) atoms. The summed E-state index contributed by atoms with van der Waals surface area (Å²) in [5, 5.41) is 0.0284. The molecule has 5 heteroatoms. The van der Waals surface area contributed by atoms with Gasteiger partial charge in [0, 0.05) is 17.6 Å². The molecule has 0 saturated heterocycles. The molecule has 0 radical (unpaired) electrons. The number of nitrogens with zero attached hydrogens (tertiary/aromatic N) is 2. The Bertz CT molecular complexity index is 277. The number of rotatable bonds is 3. The van der Waals surface area contributed by atoms with Crippen molar-refractivity contribution in [2.75, 3.05) is 6.61 Å². The van der Waals surface area contributed by atoms with E-state index in [2.05, 4.69) is 22.6 Å². The summed E-state index contributed by atoms with van der Waals surface area (Å²) in [6.07, 6.45) is 4.31. The van der Waals surface area contributed by atoms with Crippen LogP contribution in [0.15, 0.2) is 18.6 Å². The van der Waals surface area contributed by atoms with E-state index in [0.29, 0.717) is 0 Å². The molecule has 0 amide bonds. The first-order valence-electron chi connectivity index (χ1n) is 3.81. The topological polar surface area (TPSA) is 52.1 Å². The van der Waals surface area contributed by atoms with Crippen molar-refractivity contribution in [2.24, 2.45) is 0 Å². The predicted molar refractivity (Wildman–Crippen MR) is 50.8 cm³/mol. The first kappa shape index (κ1) is 9.98. The van der Waals surface area contributed by atoms with Gasteiger partial charge in [-0.2, -0.15) is 12.6 Å². The van der Waals surface area contributed by atoms with E-state index in [1.54, 1.807) is 0 Å². The van der Waals surface area contributed by atoms with Crippen LogP contribution in [0.3, 0.4) is 0 Å². The highest BCUT2D eigenvalue weighted by Crippen LogP contribution is 1.98. The second-order valence-electron chi connectivity index (χ2n) is 2.54. The Kier molecular flexibility index (Phi) is 3.70. The van der Waals surface area contributed by atoms with Gasteiger partial charge in [0.15, 0.2) is 5.69 Å². The van der Waals surface area contributed by atoms with Gasteiger partial charge in [-0.3, -0.25) is 4.98 Å². The molecule has 0 aromatic carbocycles. The summed E-state index contributed by atoms with van der Waals surface area (Å²) < 4.78 is 4.87. The van der Waals surface area contributed by atoms with Crippen LogP contribution in [-0.2, 0) is 4.74 Å². The van der Waals surface area contributed by atoms with Crippen molar-refractivity contribution in [1.29, 1.82) is 0 Å². The maximum absolute atomic E-state index is 11.2. The minimum Gasteiger partial charge on any atom is -0.460 e. The van der Waals surface area contributed by atoms with Gasteiger partial charge in [0.2, 0.25) is 0 Å². The van der Waals surface area contributed by atoms with Crippen LogP contribution < -0.4 is 0 Å². The molecule has 1 aromatic rings. The van der Waals surface area contributed by atoms with Crippen LogP contribution in [0.4, 0.5) is 0 Å². The highest BCUT2D eigenvalue weighted by atomic mass is 32.1. The number of carbonyl (C=O) groups is 1.